The summed E-state index contributed by atoms with van der Waals surface area (Å²) >= 11 is 0. The van der Waals surface area contributed by atoms with Crippen molar-refractivity contribution in [2.75, 3.05) is 6.61 Å². The topological polar surface area (TPSA) is 38.7 Å². The van der Waals surface area contributed by atoms with E-state index in [1.54, 1.807) is 6.92 Å². The van der Waals surface area contributed by atoms with Crippen LogP contribution < -0.4 is 0 Å². The van der Waals surface area contributed by atoms with Crippen LogP contribution >= 0.6 is 8.60 Å². The molecule has 1 N–H and O–H groups in total. The van der Waals surface area contributed by atoms with E-state index in [0.29, 0.717) is 6.42 Å². The molecule has 0 saturated carbocycles. The van der Waals surface area contributed by atoms with Gasteiger partial charge in [0.2, 0.25) is 0 Å². The lowest BCUT2D eigenvalue weighted by atomic mass is 10.5. The van der Waals surface area contributed by atoms with E-state index in [-0.39, 0.29) is 6.61 Å². The average molecular weight is 192 g/mol. The Morgan fingerprint density at radius 1 is 1.45 bits per heavy atom. The van der Waals surface area contributed by atoms with E-state index in [0.717, 1.165) is 0 Å². The van der Waals surface area contributed by atoms with E-state index < -0.39 is 15.0 Å². The molecule has 0 aromatic carbocycles. The highest BCUT2D eigenvalue weighted by atomic mass is 31.2. The highest BCUT2D eigenvalue weighted by Gasteiger charge is 2.34. The minimum Gasteiger partial charge on any atom is -0.328 e. The smallest absolute Gasteiger partial charge is 0.328 e. The molecule has 0 bridgehead atoms. The summed E-state index contributed by atoms with van der Waals surface area (Å²) in [5.41, 5.74) is 0. The van der Waals surface area contributed by atoms with Gasteiger partial charge in [0.1, 0.15) is 0 Å². The monoisotopic (exact) mass is 192 g/mol. The normalized spacial score (nSPS) is 15.0. The predicted octanol–water partition coefficient (Wildman–Crippen LogP) is 2.17. The van der Waals surface area contributed by atoms with Gasteiger partial charge in [-0.3, -0.25) is 0 Å². The molecular formula is C4H8F3O3P. The van der Waals surface area contributed by atoms with E-state index in [4.69, 9.17) is 4.89 Å². The molecule has 0 amide bonds. The highest BCUT2D eigenvalue weighted by Crippen LogP contribution is 2.40. The number of hydrogen-bond acceptors (Lipinski definition) is 3. The number of alkyl halides is 3. The van der Waals surface area contributed by atoms with Gasteiger partial charge in [-0.15, -0.1) is 13.2 Å². The number of rotatable bonds is 4. The molecule has 0 fully saturated rings. The van der Waals surface area contributed by atoms with Crippen LogP contribution in [0.5, 0.6) is 0 Å². The summed E-state index contributed by atoms with van der Waals surface area (Å²) in [5, 5.41) is 0. The molecule has 0 aromatic rings. The van der Waals surface area contributed by atoms with Gasteiger partial charge in [-0.2, -0.15) is 0 Å². The molecule has 1 unspecified atom stereocenters. The van der Waals surface area contributed by atoms with Gasteiger partial charge >= 0.3 is 15.0 Å². The second kappa shape index (κ2) is 4.87. The molecular weight excluding hydrogens is 184 g/mol. The SMILES string of the molecule is CCCOP(O)OC(F)(F)F. The fourth-order valence-corrected chi connectivity index (χ4v) is 0.853. The van der Waals surface area contributed by atoms with Crippen LogP contribution in [-0.4, -0.2) is 17.9 Å². The van der Waals surface area contributed by atoms with Crippen LogP contribution in [0.2, 0.25) is 0 Å². The van der Waals surface area contributed by atoms with Crippen LogP contribution in [0.1, 0.15) is 13.3 Å². The van der Waals surface area contributed by atoms with Crippen molar-refractivity contribution in [2.45, 2.75) is 19.7 Å². The molecule has 1 atom stereocenters. The molecule has 0 aliphatic rings. The Kier molecular flexibility index (Phi) is 4.92. The first-order chi connectivity index (χ1) is 4.95. The van der Waals surface area contributed by atoms with Gasteiger partial charge in [0.05, 0.1) is 6.61 Å². The van der Waals surface area contributed by atoms with Crippen LogP contribution in [0.3, 0.4) is 0 Å². The standard InChI is InChI=1S/C4H8F3O3P/c1-2-3-9-11(8)10-4(5,6)7/h8H,2-3H2,1H3. The summed E-state index contributed by atoms with van der Waals surface area (Å²) in [6.45, 7) is 1.76. The summed E-state index contributed by atoms with van der Waals surface area (Å²) < 4.78 is 41.2. The Labute approximate surface area is 63.1 Å². The van der Waals surface area contributed by atoms with Gasteiger partial charge in [-0.05, 0) is 6.42 Å². The zero-order valence-corrected chi connectivity index (χ0v) is 6.65. The third-order valence-corrected chi connectivity index (χ3v) is 1.35. The summed E-state index contributed by atoms with van der Waals surface area (Å²) in [5.74, 6) is 0. The predicted molar refractivity (Wildman–Crippen MR) is 32.5 cm³/mol. The van der Waals surface area contributed by atoms with Gasteiger partial charge in [0.15, 0.2) is 0 Å². The third kappa shape index (κ3) is 8.00. The Morgan fingerprint density at radius 2 is 2.00 bits per heavy atom. The quantitative estimate of drug-likeness (QED) is 0.693. The van der Waals surface area contributed by atoms with Crippen molar-refractivity contribution < 1.29 is 27.1 Å². The lowest BCUT2D eigenvalue weighted by Crippen LogP contribution is -2.10. The van der Waals surface area contributed by atoms with Crippen molar-refractivity contribution >= 4 is 8.60 Å². The summed E-state index contributed by atoms with van der Waals surface area (Å²) in [7, 11) is -2.80. The number of hydrogen-bond donors (Lipinski definition) is 1. The molecule has 11 heavy (non-hydrogen) atoms. The van der Waals surface area contributed by atoms with E-state index in [1.165, 1.54) is 0 Å². The van der Waals surface area contributed by atoms with E-state index in [9.17, 15) is 13.2 Å². The van der Waals surface area contributed by atoms with Crippen molar-refractivity contribution in [2.24, 2.45) is 0 Å². The Morgan fingerprint density at radius 3 is 2.36 bits per heavy atom. The van der Waals surface area contributed by atoms with Gasteiger partial charge in [0, 0.05) is 0 Å². The molecule has 3 nitrogen and oxygen atoms in total. The molecule has 0 aliphatic heterocycles. The number of halogens is 3. The lowest BCUT2D eigenvalue weighted by Gasteiger charge is -2.11. The maximum atomic E-state index is 11.3. The lowest BCUT2D eigenvalue weighted by molar-refractivity contribution is -0.278. The maximum Gasteiger partial charge on any atom is 0.529 e. The molecule has 0 aliphatic carbocycles. The van der Waals surface area contributed by atoms with Gasteiger partial charge in [0.25, 0.3) is 0 Å². The fraction of sp³-hybridized carbons (Fsp3) is 1.00. The zero-order valence-electron chi connectivity index (χ0n) is 5.76. The van der Waals surface area contributed by atoms with Crippen molar-refractivity contribution in [3.05, 3.63) is 0 Å². The average Bonchev–Trinajstić information content (AvgIpc) is 1.79. The van der Waals surface area contributed by atoms with E-state index in [1.807, 2.05) is 0 Å². The van der Waals surface area contributed by atoms with Gasteiger partial charge in [-0.1, -0.05) is 6.92 Å². The zero-order chi connectivity index (χ0) is 8.91. The largest absolute Gasteiger partial charge is 0.529 e. The van der Waals surface area contributed by atoms with Crippen molar-refractivity contribution in [1.82, 2.24) is 0 Å². The van der Waals surface area contributed by atoms with E-state index in [2.05, 4.69) is 9.05 Å². The van der Waals surface area contributed by atoms with Crippen molar-refractivity contribution in [3.63, 3.8) is 0 Å². The summed E-state index contributed by atoms with van der Waals surface area (Å²) in [6, 6.07) is 0. The Balaban J connectivity index is 3.44. The molecule has 7 heteroatoms. The Hall–Kier alpha value is 0.100. The minimum atomic E-state index is -4.83. The molecule has 0 saturated heterocycles. The molecule has 0 radical (unpaired) electrons. The Bertz CT molecular complexity index is 107. The van der Waals surface area contributed by atoms with Gasteiger partial charge < -0.3 is 9.42 Å². The molecule has 0 heterocycles. The molecule has 0 spiro atoms. The minimum absolute atomic E-state index is 0.0539. The molecule has 0 aromatic heterocycles. The highest BCUT2D eigenvalue weighted by molar-refractivity contribution is 7.40. The summed E-state index contributed by atoms with van der Waals surface area (Å²) in [6.07, 6.45) is -4.30. The van der Waals surface area contributed by atoms with Crippen LogP contribution in [0, 0.1) is 0 Å². The van der Waals surface area contributed by atoms with Crippen LogP contribution in [0.25, 0.3) is 0 Å². The first-order valence-corrected chi connectivity index (χ1v) is 3.96. The van der Waals surface area contributed by atoms with Crippen LogP contribution in [0.15, 0.2) is 0 Å². The first-order valence-electron chi connectivity index (χ1n) is 2.83. The maximum absolute atomic E-state index is 11.3. The summed E-state index contributed by atoms with van der Waals surface area (Å²) in [4.78, 5) is 8.42. The van der Waals surface area contributed by atoms with Crippen LogP contribution in [-0.2, 0) is 9.05 Å². The first kappa shape index (κ1) is 11.1. The van der Waals surface area contributed by atoms with Crippen molar-refractivity contribution in [3.8, 4) is 0 Å². The fourth-order valence-electron chi connectivity index (χ4n) is 0.284. The third-order valence-electron chi connectivity index (χ3n) is 0.587. The second-order valence-electron chi connectivity index (χ2n) is 1.61. The molecule has 0 rings (SSSR count). The van der Waals surface area contributed by atoms with Crippen LogP contribution in [0.4, 0.5) is 13.2 Å². The molecule has 68 valence electrons. The van der Waals surface area contributed by atoms with Crippen molar-refractivity contribution in [1.29, 1.82) is 0 Å². The van der Waals surface area contributed by atoms with E-state index >= 15 is 0 Å². The van der Waals surface area contributed by atoms with Gasteiger partial charge in [-0.25, -0.2) is 4.52 Å². The second-order valence-corrected chi connectivity index (χ2v) is 2.52.